The molecule has 6 rings (SSSR count). The summed E-state index contributed by atoms with van der Waals surface area (Å²) in [5.41, 5.74) is 2.13. The van der Waals surface area contributed by atoms with Gasteiger partial charge in [0.25, 0.3) is 0 Å². The van der Waals surface area contributed by atoms with Crippen molar-refractivity contribution in [2.24, 2.45) is 46.3 Å². The number of aliphatic hydroxyl groups is 2. The quantitative estimate of drug-likeness (QED) is 0.305. The fraction of sp³-hybridized carbons (Fsp3) is 0.622. The minimum Gasteiger partial charge on any atom is -0.393 e. The molecule has 0 aromatic heterocycles. The number of nitrogens with one attached hydrogen (secondary N) is 1. The van der Waals surface area contributed by atoms with E-state index in [-0.39, 0.29) is 34.7 Å². The average Bonchev–Trinajstić information content (AvgIpc) is 3.36. The first-order valence-electron chi connectivity index (χ1n) is 16.5. The second kappa shape index (κ2) is 11.5. The highest BCUT2D eigenvalue weighted by molar-refractivity contribution is 6.09. The smallest absolute Gasteiger partial charge is 0.224 e. The molecule has 3 unspecified atom stereocenters. The number of ketones is 1. The van der Waals surface area contributed by atoms with Crippen molar-refractivity contribution in [3.05, 3.63) is 65.7 Å². The summed E-state index contributed by atoms with van der Waals surface area (Å²) in [5, 5.41) is 25.2. The monoisotopic (exact) mass is 571 g/mol. The first-order valence-corrected chi connectivity index (χ1v) is 16.5. The number of benzene rings is 2. The van der Waals surface area contributed by atoms with Crippen LogP contribution >= 0.6 is 0 Å². The van der Waals surface area contributed by atoms with Gasteiger partial charge in [-0.1, -0.05) is 51.1 Å². The Bertz CT molecular complexity index is 1280. The molecule has 0 bridgehead atoms. The molecule has 42 heavy (non-hydrogen) atoms. The lowest BCUT2D eigenvalue weighted by molar-refractivity contribution is -0.174. The van der Waals surface area contributed by atoms with Gasteiger partial charge in [-0.25, -0.2) is 0 Å². The van der Waals surface area contributed by atoms with Crippen molar-refractivity contribution in [2.45, 2.75) is 97.2 Å². The number of fused-ring (bicyclic) bond motifs is 5. The van der Waals surface area contributed by atoms with Crippen LogP contribution in [0.4, 0.5) is 5.69 Å². The van der Waals surface area contributed by atoms with E-state index in [4.69, 9.17) is 0 Å². The van der Waals surface area contributed by atoms with Gasteiger partial charge in [-0.15, -0.1) is 0 Å². The van der Waals surface area contributed by atoms with Gasteiger partial charge in [-0.3, -0.25) is 9.59 Å². The van der Waals surface area contributed by atoms with Gasteiger partial charge in [0.05, 0.1) is 12.2 Å². The van der Waals surface area contributed by atoms with Crippen molar-refractivity contribution in [1.29, 1.82) is 0 Å². The third-order valence-electron chi connectivity index (χ3n) is 12.8. The highest BCUT2D eigenvalue weighted by atomic mass is 16.3. The molecule has 0 saturated heterocycles. The molecule has 4 fully saturated rings. The van der Waals surface area contributed by atoms with E-state index in [0.29, 0.717) is 58.7 Å². The van der Waals surface area contributed by atoms with E-state index in [9.17, 15) is 19.8 Å². The van der Waals surface area contributed by atoms with Crippen molar-refractivity contribution >= 4 is 17.4 Å². The number of hydrogen-bond donors (Lipinski definition) is 3. The topological polar surface area (TPSA) is 86.6 Å². The van der Waals surface area contributed by atoms with Gasteiger partial charge in [0.15, 0.2) is 5.78 Å². The molecular formula is C37H49NO4. The van der Waals surface area contributed by atoms with Crippen LogP contribution < -0.4 is 5.32 Å². The maximum atomic E-state index is 12.9. The molecule has 4 aliphatic rings. The van der Waals surface area contributed by atoms with Crippen LogP contribution in [0.2, 0.25) is 0 Å². The Morgan fingerprint density at radius 1 is 0.881 bits per heavy atom. The largest absolute Gasteiger partial charge is 0.393 e. The molecule has 226 valence electrons. The van der Waals surface area contributed by atoms with Gasteiger partial charge in [0, 0.05) is 23.2 Å². The number of amides is 1. The predicted octanol–water partition coefficient (Wildman–Crippen LogP) is 7.26. The molecule has 4 aliphatic carbocycles. The van der Waals surface area contributed by atoms with Crippen LogP contribution in [0.25, 0.3) is 0 Å². The minimum atomic E-state index is -0.299. The molecular weight excluding hydrogens is 522 g/mol. The summed E-state index contributed by atoms with van der Waals surface area (Å²) in [7, 11) is 0. The molecule has 10 atom stereocenters. The van der Waals surface area contributed by atoms with Gasteiger partial charge in [-0.2, -0.15) is 0 Å². The molecule has 3 N–H and O–H groups in total. The summed E-state index contributed by atoms with van der Waals surface area (Å²) in [6, 6.07) is 16.4. The lowest BCUT2D eigenvalue weighted by Crippen LogP contribution is -2.58. The number of carbonyl (C=O) groups is 2. The Balaban J connectivity index is 1.06. The lowest BCUT2D eigenvalue weighted by Gasteiger charge is -2.62. The van der Waals surface area contributed by atoms with Gasteiger partial charge in [0.1, 0.15) is 0 Å². The van der Waals surface area contributed by atoms with E-state index in [1.54, 1.807) is 24.3 Å². The van der Waals surface area contributed by atoms with Crippen molar-refractivity contribution in [2.75, 3.05) is 5.32 Å². The summed E-state index contributed by atoms with van der Waals surface area (Å²) in [5.74, 6) is 3.13. The Kier molecular flexibility index (Phi) is 8.12. The van der Waals surface area contributed by atoms with Gasteiger partial charge in [0.2, 0.25) is 5.91 Å². The van der Waals surface area contributed by atoms with Gasteiger partial charge in [-0.05, 0) is 128 Å². The summed E-state index contributed by atoms with van der Waals surface area (Å²) < 4.78 is 0. The SMILES string of the molecule is C[C@H](CCC(=O)Nc1ccc(C(=O)c2ccccc2)cc1)C1CCC2[C@@H]3CC[C@@H]4C[C@H](O)CC[C@]4(C)C3C[C@H](O)[C@@]21C. The lowest BCUT2D eigenvalue weighted by atomic mass is 9.43. The Morgan fingerprint density at radius 2 is 1.60 bits per heavy atom. The maximum Gasteiger partial charge on any atom is 0.224 e. The number of anilines is 1. The van der Waals surface area contributed by atoms with Gasteiger partial charge >= 0.3 is 0 Å². The zero-order valence-electron chi connectivity index (χ0n) is 25.6. The van der Waals surface area contributed by atoms with Crippen molar-refractivity contribution in [3.63, 3.8) is 0 Å². The van der Waals surface area contributed by atoms with Crippen LogP contribution in [0.15, 0.2) is 54.6 Å². The summed E-state index contributed by atoms with van der Waals surface area (Å²) in [4.78, 5) is 25.6. The second-order valence-electron chi connectivity index (χ2n) is 14.7. The van der Waals surface area contributed by atoms with Crippen LogP contribution in [0.1, 0.15) is 101 Å². The molecule has 1 amide bonds. The number of aliphatic hydroxyl groups excluding tert-OH is 2. The molecule has 0 heterocycles. The van der Waals surface area contributed by atoms with Crippen LogP contribution in [-0.2, 0) is 4.79 Å². The molecule has 2 aromatic carbocycles. The van der Waals surface area contributed by atoms with E-state index >= 15 is 0 Å². The third kappa shape index (κ3) is 5.15. The van der Waals surface area contributed by atoms with Crippen molar-refractivity contribution in [1.82, 2.24) is 0 Å². The number of rotatable bonds is 7. The van der Waals surface area contributed by atoms with E-state index in [1.807, 2.05) is 30.3 Å². The highest BCUT2D eigenvalue weighted by Gasteiger charge is 2.63. The fourth-order valence-electron chi connectivity index (χ4n) is 10.4. The Hall–Kier alpha value is -2.50. The van der Waals surface area contributed by atoms with Crippen LogP contribution in [-0.4, -0.2) is 34.1 Å². The normalized spacial score (nSPS) is 38.1. The molecule has 0 radical (unpaired) electrons. The Morgan fingerprint density at radius 3 is 2.33 bits per heavy atom. The fourth-order valence-corrected chi connectivity index (χ4v) is 10.4. The first kappa shape index (κ1) is 29.6. The summed E-state index contributed by atoms with van der Waals surface area (Å²) in [6.45, 7) is 7.12. The summed E-state index contributed by atoms with van der Waals surface area (Å²) in [6.07, 6.45) is 9.44. The Labute approximate surface area is 251 Å². The van der Waals surface area contributed by atoms with Crippen molar-refractivity contribution < 1.29 is 19.8 Å². The highest BCUT2D eigenvalue weighted by Crippen LogP contribution is 2.68. The van der Waals surface area contributed by atoms with Crippen LogP contribution in [0.5, 0.6) is 0 Å². The summed E-state index contributed by atoms with van der Waals surface area (Å²) >= 11 is 0. The first-order chi connectivity index (χ1) is 20.1. The molecule has 2 aromatic rings. The maximum absolute atomic E-state index is 12.9. The molecule has 5 heteroatoms. The van der Waals surface area contributed by atoms with E-state index in [1.165, 1.54) is 19.3 Å². The van der Waals surface area contributed by atoms with Crippen molar-refractivity contribution in [3.8, 4) is 0 Å². The van der Waals surface area contributed by atoms with E-state index < -0.39 is 0 Å². The zero-order valence-corrected chi connectivity index (χ0v) is 25.6. The van der Waals surface area contributed by atoms with Gasteiger partial charge < -0.3 is 15.5 Å². The molecule has 0 aliphatic heterocycles. The molecule has 4 saturated carbocycles. The van der Waals surface area contributed by atoms with E-state index in [2.05, 4.69) is 26.1 Å². The molecule has 0 spiro atoms. The zero-order chi connectivity index (χ0) is 29.6. The van der Waals surface area contributed by atoms with Crippen LogP contribution in [0.3, 0.4) is 0 Å². The van der Waals surface area contributed by atoms with E-state index in [0.717, 1.165) is 38.5 Å². The van der Waals surface area contributed by atoms with Crippen LogP contribution in [0, 0.1) is 46.3 Å². The standard InChI is InChI=1S/C37H49NO4/c1-23(9-18-34(41)38-27-13-10-25(11-14-27)35(42)24-7-5-4-6-8-24)30-16-17-31-29-15-12-26-21-28(39)19-20-36(26,2)32(29)22-33(40)37(30,31)3/h4-8,10-11,13-14,23,26,28-33,39-40H,9,12,15-22H2,1-3H3,(H,38,41)/t23-,26-,28-,29+,30?,31?,32?,33+,36+,37-/m1/s1. The molecule has 5 nitrogen and oxygen atoms in total. The average molecular weight is 572 g/mol. The minimum absolute atomic E-state index is 0.00123. The number of hydrogen-bond acceptors (Lipinski definition) is 4. The third-order valence-corrected chi connectivity index (χ3v) is 12.8. The predicted molar refractivity (Wildman–Crippen MR) is 166 cm³/mol. The number of carbonyl (C=O) groups excluding carboxylic acids is 2. The second-order valence-corrected chi connectivity index (χ2v) is 14.7.